The van der Waals surface area contributed by atoms with E-state index < -0.39 is 5.82 Å². The number of carbonyl (C=O) groups excluding carboxylic acids is 1. The van der Waals surface area contributed by atoms with Crippen LogP contribution in [0.1, 0.15) is 35.0 Å². The van der Waals surface area contributed by atoms with Crippen molar-refractivity contribution in [2.24, 2.45) is 0 Å². The zero-order chi connectivity index (χ0) is 19.8. The minimum absolute atomic E-state index is 0.135. The number of aromatic nitrogens is 2. The summed E-state index contributed by atoms with van der Waals surface area (Å²) in [6.07, 6.45) is 2.26. The van der Waals surface area contributed by atoms with E-state index in [4.69, 9.17) is 4.52 Å². The molecule has 2 aliphatic rings. The number of halogens is 1. The third-order valence-corrected chi connectivity index (χ3v) is 5.53. The minimum Gasteiger partial charge on any atom is -0.368 e. The average molecular weight is 392 g/mol. The van der Waals surface area contributed by atoms with Gasteiger partial charge in [0.15, 0.2) is 0 Å². The highest BCUT2D eigenvalue weighted by Gasteiger charge is 2.30. The van der Waals surface area contributed by atoms with Gasteiger partial charge in [0, 0.05) is 43.3 Å². The molecule has 2 heterocycles. The Morgan fingerprint density at radius 1 is 1.00 bits per heavy atom. The second-order valence-corrected chi connectivity index (χ2v) is 7.54. The first-order valence-electron chi connectivity index (χ1n) is 9.92. The third-order valence-electron chi connectivity index (χ3n) is 5.53. The van der Waals surface area contributed by atoms with Gasteiger partial charge in [0.05, 0.1) is 5.56 Å². The van der Waals surface area contributed by atoms with Crippen molar-refractivity contribution >= 4 is 11.6 Å². The predicted octanol–water partition coefficient (Wildman–Crippen LogP) is 3.72. The summed E-state index contributed by atoms with van der Waals surface area (Å²) in [5, 5.41) is 4.08. The monoisotopic (exact) mass is 392 g/mol. The van der Waals surface area contributed by atoms with E-state index in [-0.39, 0.29) is 11.5 Å². The van der Waals surface area contributed by atoms with Crippen LogP contribution >= 0.6 is 0 Å². The molecule has 29 heavy (non-hydrogen) atoms. The number of carbonyl (C=O) groups is 1. The van der Waals surface area contributed by atoms with E-state index in [1.54, 1.807) is 17.0 Å². The van der Waals surface area contributed by atoms with Gasteiger partial charge in [-0.3, -0.25) is 4.79 Å². The van der Waals surface area contributed by atoms with E-state index >= 15 is 0 Å². The summed E-state index contributed by atoms with van der Waals surface area (Å²) in [5.41, 5.74) is 2.14. The summed E-state index contributed by atoms with van der Waals surface area (Å²) < 4.78 is 19.2. The maximum atomic E-state index is 13.9. The van der Waals surface area contributed by atoms with Crippen LogP contribution in [0.5, 0.6) is 0 Å². The van der Waals surface area contributed by atoms with Crippen molar-refractivity contribution in [2.45, 2.75) is 18.8 Å². The van der Waals surface area contributed by atoms with Crippen molar-refractivity contribution < 1.29 is 13.7 Å². The van der Waals surface area contributed by atoms with Crippen LogP contribution < -0.4 is 4.90 Å². The van der Waals surface area contributed by atoms with E-state index in [9.17, 15) is 9.18 Å². The molecule has 0 unspecified atom stereocenters. The standard InChI is InChI=1S/C22H21FN4O2/c23-19-4-2-1-3-18(19)22(28)27-13-11-26(12-14-27)17-9-7-15(8-10-17)20-24-21(29-25-20)16-5-6-16/h1-4,7-10,16H,5-6,11-14H2. The van der Waals surface area contributed by atoms with E-state index in [2.05, 4.69) is 15.0 Å². The number of amides is 1. The topological polar surface area (TPSA) is 62.5 Å². The number of hydrogen-bond donors (Lipinski definition) is 0. The molecule has 7 heteroatoms. The van der Waals surface area contributed by atoms with Crippen LogP contribution in [0.4, 0.5) is 10.1 Å². The second kappa shape index (κ2) is 7.31. The van der Waals surface area contributed by atoms with Crippen LogP contribution in [0, 0.1) is 5.82 Å². The fourth-order valence-electron chi connectivity index (χ4n) is 3.64. The van der Waals surface area contributed by atoms with Gasteiger partial charge in [0.1, 0.15) is 5.82 Å². The molecule has 5 rings (SSSR count). The molecule has 1 saturated heterocycles. The Morgan fingerprint density at radius 3 is 2.41 bits per heavy atom. The van der Waals surface area contributed by atoms with Crippen molar-refractivity contribution in [2.75, 3.05) is 31.1 Å². The molecule has 1 amide bonds. The number of benzene rings is 2. The fraction of sp³-hybridized carbons (Fsp3) is 0.318. The second-order valence-electron chi connectivity index (χ2n) is 7.54. The predicted molar refractivity (Wildman–Crippen MR) is 106 cm³/mol. The molecule has 1 aliphatic heterocycles. The van der Waals surface area contributed by atoms with Gasteiger partial charge in [-0.25, -0.2) is 4.39 Å². The third kappa shape index (κ3) is 3.60. The lowest BCUT2D eigenvalue weighted by Gasteiger charge is -2.36. The van der Waals surface area contributed by atoms with Crippen LogP contribution in [0.2, 0.25) is 0 Å². The Labute approximate surface area is 167 Å². The van der Waals surface area contributed by atoms with Crippen LogP contribution in [-0.2, 0) is 0 Å². The van der Waals surface area contributed by atoms with E-state index in [0.717, 1.165) is 30.0 Å². The number of anilines is 1. The smallest absolute Gasteiger partial charge is 0.256 e. The number of nitrogens with zero attached hydrogens (tertiary/aromatic N) is 4. The summed E-state index contributed by atoms with van der Waals surface area (Å²) in [5.74, 6) is 1.08. The van der Waals surface area contributed by atoms with E-state index in [0.29, 0.717) is 37.9 Å². The van der Waals surface area contributed by atoms with Crippen LogP contribution in [0.25, 0.3) is 11.4 Å². The molecule has 1 aromatic heterocycles. The largest absolute Gasteiger partial charge is 0.368 e. The van der Waals surface area contributed by atoms with E-state index in [1.165, 1.54) is 12.1 Å². The lowest BCUT2D eigenvalue weighted by molar-refractivity contribution is 0.0742. The van der Waals surface area contributed by atoms with Crippen LogP contribution in [-0.4, -0.2) is 47.1 Å². The molecule has 6 nitrogen and oxygen atoms in total. The van der Waals surface area contributed by atoms with Gasteiger partial charge in [0.2, 0.25) is 11.7 Å². The highest BCUT2D eigenvalue weighted by molar-refractivity contribution is 5.94. The Bertz CT molecular complexity index is 1020. The molecular formula is C22H21FN4O2. The van der Waals surface area contributed by atoms with Gasteiger partial charge in [-0.15, -0.1) is 0 Å². The maximum Gasteiger partial charge on any atom is 0.256 e. The molecule has 0 radical (unpaired) electrons. The quantitative estimate of drug-likeness (QED) is 0.677. The first-order chi connectivity index (χ1) is 14.2. The summed E-state index contributed by atoms with van der Waals surface area (Å²) in [4.78, 5) is 21.0. The molecule has 0 bridgehead atoms. The zero-order valence-corrected chi connectivity index (χ0v) is 15.9. The van der Waals surface area contributed by atoms with Gasteiger partial charge in [0.25, 0.3) is 5.91 Å². The summed E-state index contributed by atoms with van der Waals surface area (Å²) in [6, 6.07) is 14.2. The molecule has 0 spiro atoms. The van der Waals surface area contributed by atoms with Gasteiger partial charge in [-0.2, -0.15) is 4.98 Å². The highest BCUT2D eigenvalue weighted by atomic mass is 19.1. The number of piperazine rings is 1. The van der Waals surface area contributed by atoms with Crippen molar-refractivity contribution in [3.63, 3.8) is 0 Å². The molecule has 0 N–H and O–H groups in total. The lowest BCUT2D eigenvalue weighted by Crippen LogP contribution is -2.49. The Kier molecular flexibility index (Phi) is 4.50. The number of hydrogen-bond acceptors (Lipinski definition) is 5. The maximum absolute atomic E-state index is 13.9. The van der Waals surface area contributed by atoms with E-state index in [1.807, 2.05) is 24.3 Å². The zero-order valence-electron chi connectivity index (χ0n) is 15.9. The Hall–Kier alpha value is -3.22. The van der Waals surface area contributed by atoms with Gasteiger partial charge >= 0.3 is 0 Å². The molecule has 2 fully saturated rings. The molecule has 148 valence electrons. The van der Waals surface area contributed by atoms with Gasteiger partial charge in [-0.1, -0.05) is 17.3 Å². The number of rotatable bonds is 4. The SMILES string of the molecule is O=C(c1ccccc1F)N1CCN(c2ccc(-c3noc(C4CC4)n3)cc2)CC1. The first-order valence-corrected chi connectivity index (χ1v) is 9.92. The minimum atomic E-state index is -0.471. The van der Waals surface area contributed by atoms with Crippen molar-refractivity contribution in [1.82, 2.24) is 15.0 Å². The van der Waals surface area contributed by atoms with Gasteiger partial charge in [-0.05, 0) is 49.2 Å². The first kappa shape index (κ1) is 17.8. The van der Waals surface area contributed by atoms with Crippen molar-refractivity contribution in [1.29, 1.82) is 0 Å². The molecule has 1 aliphatic carbocycles. The van der Waals surface area contributed by atoms with Crippen LogP contribution in [0.3, 0.4) is 0 Å². The average Bonchev–Trinajstić information content (AvgIpc) is 3.50. The van der Waals surface area contributed by atoms with Crippen LogP contribution in [0.15, 0.2) is 53.1 Å². The summed E-state index contributed by atoms with van der Waals surface area (Å²) in [6.45, 7) is 2.52. The lowest BCUT2D eigenvalue weighted by atomic mass is 10.1. The molecule has 0 atom stereocenters. The normalized spacial score (nSPS) is 16.9. The van der Waals surface area contributed by atoms with Crippen molar-refractivity contribution in [3.05, 3.63) is 65.8 Å². The van der Waals surface area contributed by atoms with Gasteiger partial charge < -0.3 is 14.3 Å². The summed E-state index contributed by atoms with van der Waals surface area (Å²) >= 11 is 0. The van der Waals surface area contributed by atoms with Crippen molar-refractivity contribution in [3.8, 4) is 11.4 Å². The molecule has 1 saturated carbocycles. The fourth-order valence-corrected chi connectivity index (χ4v) is 3.64. The summed E-state index contributed by atoms with van der Waals surface area (Å²) in [7, 11) is 0. The molecule has 2 aromatic carbocycles. The Balaban J connectivity index is 1.22. The Morgan fingerprint density at radius 2 is 1.72 bits per heavy atom. The molecular weight excluding hydrogens is 371 g/mol. The highest BCUT2D eigenvalue weighted by Crippen LogP contribution is 2.39. The molecule has 3 aromatic rings.